The molecule has 0 saturated carbocycles. The van der Waals surface area contributed by atoms with Crippen LogP contribution in [0.15, 0.2) is 36.5 Å². The quantitative estimate of drug-likeness (QED) is 0.830. The number of carbonyl (C=O) groups excluding carboxylic acids is 2. The van der Waals surface area contributed by atoms with Gasteiger partial charge in [0.15, 0.2) is 0 Å². The Morgan fingerprint density at radius 3 is 2.54 bits per heavy atom. The van der Waals surface area contributed by atoms with Gasteiger partial charge in [0.05, 0.1) is 29.7 Å². The fourth-order valence-corrected chi connectivity index (χ4v) is 3.52. The van der Waals surface area contributed by atoms with E-state index in [9.17, 15) is 9.59 Å². The van der Waals surface area contributed by atoms with Crippen molar-refractivity contribution in [1.29, 1.82) is 0 Å². The van der Waals surface area contributed by atoms with Crippen LogP contribution in [0.2, 0.25) is 0 Å². The topological polar surface area (TPSA) is 76.5 Å². The highest BCUT2D eigenvalue weighted by Crippen LogP contribution is 2.18. The molecule has 150 valence electrons. The van der Waals surface area contributed by atoms with Gasteiger partial charge >= 0.3 is 6.09 Å². The SMILES string of the molecule is CCCc1c(C(=O)NC2CCN(C(=O)OCC)CC2)cnn1-c1ccccc1. The molecule has 0 unspecified atom stereocenters. The number of nitrogens with zero attached hydrogens (tertiary/aromatic N) is 3. The number of benzene rings is 1. The first-order valence-corrected chi connectivity index (χ1v) is 9.98. The summed E-state index contributed by atoms with van der Waals surface area (Å²) in [5, 5.41) is 7.58. The molecule has 3 rings (SSSR count). The summed E-state index contributed by atoms with van der Waals surface area (Å²) in [6.07, 6.45) is 4.53. The zero-order valence-corrected chi connectivity index (χ0v) is 16.6. The van der Waals surface area contributed by atoms with Gasteiger partial charge in [0.1, 0.15) is 0 Å². The van der Waals surface area contributed by atoms with E-state index in [-0.39, 0.29) is 18.0 Å². The predicted octanol–water partition coefficient (Wildman–Crippen LogP) is 3.18. The number of nitrogens with one attached hydrogen (secondary N) is 1. The Balaban J connectivity index is 1.67. The van der Waals surface area contributed by atoms with E-state index in [1.165, 1.54) is 0 Å². The number of hydrogen-bond acceptors (Lipinski definition) is 4. The monoisotopic (exact) mass is 384 g/mol. The first-order valence-electron chi connectivity index (χ1n) is 9.98. The van der Waals surface area contributed by atoms with Gasteiger partial charge in [-0.25, -0.2) is 9.48 Å². The van der Waals surface area contributed by atoms with Gasteiger partial charge in [-0.2, -0.15) is 5.10 Å². The highest BCUT2D eigenvalue weighted by molar-refractivity contribution is 5.95. The van der Waals surface area contributed by atoms with E-state index < -0.39 is 0 Å². The highest BCUT2D eigenvalue weighted by atomic mass is 16.6. The predicted molar refractivity (Wildman–Crippen MR) is 107 cm³/mol. The van der Waals surface area contributed by atoms with Gasteiger partial charge in [0, 0.05) is 19.1 Å². The number of para-hydroxylation sites is 1. The van der Waals surface area contributed by atoms with Gasteiger partial charge in [-0.3, -0.25) is 4.79 Å². The summed E-state index contributed by atoms with van der Waals surface area (Å²) in [7, 11) is 0. The van der Waals surface area contributed by atoms with Crippen LogP contribution in [-0.4, -0.2) is 52.4 Å². The van der Waals surface area contributed by atoms with Gasteiger partial charge in [-0.15, -0.1) is 0 Å². The second-order valence-corrected chi connectivity index (χ2v) is 6.94. The normalized spacial score (nSPS) is 14.7. The maximum absolute atomic E-state index is 12.9. The Kier molecular flexibility index (Phi) is 6.68. The van der Waals surface area contributed by atoms with E-state index in [1.54, 1.807) is 18.0 Å². The van der Waals surface area contributed by atoms with Crippen LogP contribution < -0.4 is 5.32 Å². The summed E-state index contributed by atoms with van der Waals surface area (Å²) >= 11 is 0. The van der Waals surface area contributed by atoms with Crippen molar-refractivity contribution in [2.45, 2.75) is 45.6 Å². The molecular weight excluding hydrogens is 356 g/mol. The molecule has 1 aliphatic heterocycles. The van der Waals surface area contributed by atoms with E-state index in [1.807, 2.05) is 35.0 Å². The van der Waals surface area contributed by atoms with Crippen molar-refractivity contribution in [2.24, 2.45) is 0 Å². The van der Waals surface area contributed by atoms with E-state index in [0.29, 0.717) is 25.3 Å². The highest BCUT2D eigenvalue weighted by Gasteiger charge is 2.26. The minimum absolute atomic E-state index is 0.0488. The lowest BCUT2D eigenvalue weighted by Gasteiger charge is -2.31. The number of rotatable bonds is 6. The maximum atomic E-state index is 12.9. The molecule has 2 heterocycles. The lowest BCUT2D eigenvalue weighted by molar-refractivity contribution is 0.0859. The lowest BCUT2D eigenvalue weighted by atomic mass is 10.0. The molecule has 0 spiro atoms. The summed E-state index contributed by atoms with van der Waals surface area (Å²) in [6.45, 7) is 5.45. The molecule has 1 N–H and O–H groups in total. The average molecular weight is 384 g/mol. The van der Waals surface area contributed by atoms with E-state index in [0.717, 1.165) is 37.1 Å². The van der Waals surface area contributed by atoms with Crippen LogP contribution in [-0.2, 0) is 11.2 Å². The minimum atomic E-state index is -0.276. The Hall–Kier alpha value is -2.83. The van der Waals surface area contributed by atoms with Crippen LogP contribution in [0, 0.1) is 0 Å². The largest absolute Gasteiger partial charge is 0.450 e. The summed E-state index contributed by atoms with van der Waals surface area (Å²) in [5.41, 5.74) is 2.50. The number of amides is 2. The Bertz CT molecular complexity index is 795. The van der Waals surface area contributed by atoms with Crippen molar-refractivity contribution in [3.05, 3.63) is 47.8 Å². The van der Waals surface area contributed by atoms with Crippen molar-refractivity contribution >= 4 is 12.0 Å². The molecule has 0 radical (unpaired) electrons. The molecule has 1 saturated heterocycles. The molecule has 1 aromatic carbocycles. The zero-order chi connectivity index (χ0) is 19.9. The smallest absolute Gasteiger partial charge is 0.409 e. The molecule has 2 aromatic rings. The lowest BCUT2D eigenvalue weighted by Crippen LogP contribution is -2.46. The molecule has 0 aliphatic carbocycles. The molecule has 1 fully saturated rings. The van der Waals surface area contributed by atoms with E-state index in [2.05, 4.69) is 17.3 Å². The molecule has 0 bridgehead atoms. The van der Waals surface area contributed by atoms with Crippen molar-refractivity contribution in [3.8, 4) is 5.69 Å². The molecule has 0 atom stereocenters. The van der Waals surface area contributed by atoms with Gasteiger partial charge in [-0.1, -0.05) is 31.5 Å². The van der Waals surface area contributed by atoms with Crippen LogP contribution in [0.25, 0.3) is 5.69 Å². The van der Waals surface area contributed by atoms with Gasteiger partial charge in [-0.05, 0) is 38.3 Å². The van der Waals surface area contributed by atoms with E-state index >= 15 is 0 Å². The van der Waals surface area contributed by atoms with Crippen molar-refractivity contribution in [3.63, 3.8) is 0 Å². The zero-order valence-electron chi connectivity index (χ0n) is 16.6. The fourth-order valence-electron chi connectivity index (χ4n) is 3.52. The third kappa shape index (κ3) is 4.52. The number of carbonyl (C=O) groups is 2. The van der Waals surface area contributed by atoms with Crippen LogP contribution in [0.3, 0.4) is 0 Å². The summed E-state index contributed by atoms with van der Waals surface area (Å²) in [6, 6.07) is 9.90. The number of likely N-dealkylation sites (tertiary alicyclic amines) is 1. The fraction of sp³-hybridized carbons (Fsp3) is 0.476. The summed E-state index contributed by atoms with van der Waals surface area (Å²) < 4.78 is 6.89. The molecule has 1 aromatic heterocycles. The second-order valence-electron chi connectivity index (χ2n) is 6.94. The van der Waals surface area contributed by atoms with Crippen LogP contribution in [0.4, 0.5) is 4.79 Å². The summed E-state index contributed by atoms with van der Waals surface area (Å²) in [4.78, 5) is 26.4. The average Bonchev–Trinajstić information content (AvgIpc) is 3.13. The van der Waals surface area contributed by atoms with Crippen LogP contribution in [0.5, 0.6) is 0 Å². The molecule has 7 nitrogen and oxygen atoms in total. The number of hydrogen-bond donors (Lipinski definition) is 1. The molecular formula is C21H28N4O3. The van der Waals surface area contributed by atoms with Crippen molar-refractivity contribution in [2.75, 3.05) is 19.7 Å². The molecule has 1 aliphatic rings. The third-order valence-corrected chi connectivity index (χ3v) is 4.96. The molecule has 2 amide bonds. The summed E-state index contributed by atoms with van der Waals surface area (Å²) in [5.74, 6) is -0.0970. The Morgan fingerprint density at radius 2 is 1.89 bits per heavy atom. The first kappa shape index (κ1) is 19.9. The number of aromatic nitrogens is 2. The van der Waals surface area contributed by atoms with Gasteiger partial charge in [0.25, 0.3) is 5.91 Å². The second kappa shape index (κ2) is 9.39. The van der Waals surface area contributed by atoms with Crippen molar-refractivity contribution in [1.82, 2.24) is 20.0 Å². The number of ether oxygens (including phenoxy) is 1. The van der Waals surface area contributed by atoms with Crippen molar-refractivity contribution < 1.29 is 14.3 Å². The maximum Gasteiger partial charge on any atom is 0.409 e. The minimum Gasteiger partial charge on any atom is -0.450 e. The molecule has 7 heteroatoms. The van der Waals surface area contributed by atoms with Gasteiger partial charge < -0.3 is 15.0 Å². The Morgan fingerprint density at radius 1 is 1.18 bits per heavy atom. The van der Waals surface area contributed by atoms with Crippen LogP contribution in [0.1, 0.15) is 49.2 Å². The number of piperidine rings is 1. The first-order chi connectivity index (χ1) is 13.6. The Labute approximate surface area is 165 Å². The van der Waals surface area contributed by atoms with E-state index in [4.69, 9.17) is 4.74 Å². The van der Waals surface area contributed by atoms with Gasteiger partial charge in [0.2, 0.25) is 0 Å². The standard InChI is InChI=1S/C21H28N4O3/c1-3-8-19-18(15-22-25(19)17-9-6-5-7-10-17)20(26)23-16-11-13-24(14-12-16)21(27)28-4-2/h5-7,9-10,15-16H,3-4,8,11-14H2,1-2H3,(H,23,26). The van der Waals surface area contributed by atoms with Crippen LogP contribution >= 0.6 is 0 Å². The molecule has 28 heavy (non-hydrogen) atoms. The third-order valence-electron chi connectivity index (χ3n) is 4.96.